The number of piperazine rings is 1. The Bertz CT molecular complexity index is 789. The van der Waals surface area contributed by atoms with E-state index in [1.54, 1.807) is 0 Å². The second-order valence-corrected chi connectivity index (χ2v) is 5.99. The second-order valence-electron chi connectivity index (χ2n) is 5.99. The van der Waals surface area contributed by atoms with E-state index < -0.39 is 5.69 Å². The molecule has 0 radical (unpaired) electrons. The molecule has 2 aromatic rings. The van der Waals surface area contributed by atoms with Crippen LogP contribution in [-0.4, -0.2) is 46.1 Å². The quantitative estimate of drug-likeness (QED) is 0.831. The van der Waals surface area contributed by atoms with Gasteiger partial charge in [-0.05, 0) is 18.9 Å². The maximum Gasteiger partial charge on any atom is 0.327 e. The summed E-state index contributed by atoms with van der Waals surface area (Å²) in [4.78, 5) is 40.9. The predicted octanol–water partition coefficient (Wildman–Crippen LogP) is 0.0572. The summed E-state index contributed by atoms with van der Waals surface area (Å²) in [5, 5.41) is 0. The Kier molecular flexibility index (Phi) is 3.36. The molecule has 0 amide bonds. The van der Waals surface area contributed by atoms with Crippen LogP contribution in [0, 0.1) is 0 Å². The van der Waals surface area contributed by atoms with Crippen LogP contribution in [0.15, 0.2) is 27.9 Å². The maximum atomic E-state index is 11.4. The van der Waals surface area contributed by atoms with Gasteiger partial charge in [-0.15, -0.1) is 0 Å². The molecule has 3 heterocycles. The summed E-state index contributed by atoms with van der Waals surface area (Å²) in [6.07, 6.45) is 4.21. The molecule has 8 heteroatoms. The lowest BCUT2D eigenvalue weighted by atomic mass is 10.3. The molecular formula is C15H18N6O2. The summed E-state index contributed by atoms with van der Waals surface area (Å²) in [6.45, 7) is 3.02. The zero-order chi connectivity index (χ0) is 15.8. The van der Waals surface area contributed by atoms with E-state index in [0.717, 1.165) is 37.8 Å². The molecule has 0 atom stereocenters. The van der Waals surface area contributed by atoms with Crippen molar-refractivity contribution in [1.29, 1.82) is 0 Å². The van der Waals surface area contributed by atoms with Crippen LogP contribution in [0.1, 0.15) is 24.6 Å². The topological polar surface area (TPSA) is 98.0 Å². The molecule has 120 valence electrons. The molecule has 1 aliphatic heterocycles. The highest BCUT2D eigenvalue weighted by Crippen LogP contribution is 2.38. The van der Waals surface area contributed by atoms with Crippen molar-refractivity contribution >= 4 is 11.6 Å². The number of hydrogen-bond acceptors (Lipinski definition) is 6. The first-order valence-corrected chi connectivity index (χ1v) is 7.85. The van der Waals surface area contributed by atoms with E-state index in [4.69, 9.17) is 0 Å². The molecule has 0 unspecified atom stereocenters. The van der Waals surface area contributed by atoms with E-state index in [0.29, 0.717) is 11.7 Å². The summed E-state index contributed by atoms with van der Waals surface area (Å²) in [7, 11) is 0. The molecule has 0 bridgehead atoms. The van der Waals surface area contributed by atoms with Crippen LogP contribution in [0.2, 0.25) is 0 Å². The predicted molar refractivity (Wildman–Crippen MR) is 86.1 cm³/mol. The van der Waals surface area contributed by atoms with Gasteiger partial charge in [-0.25, -0.2) is 14.8 Å². The first kappa shape index (κ1) is 14.0. The molecule has 8 nitrogen and oxygen atoms in total. The molecule has 0 aromatic carbocycles. The van der Waals surface area contributed by atoms with E-state index in [9.17, 15) is 9.59 Å². The van der Waals surface area contributed by atoms with Crippen molar-refractivity contribution in [2.75, 3.05) is 36.0 Å². The molecule has 1 saturated carbocycles. The Balaban J connectivity index is 1.47. The van der Waals surface area contributed by atoms with Crippen molar-refractivity contribution in [2.45, 2.75) is 18.8 Å². The maximum absolute atomic E-state index is 11.4. The molecule has 2 fully saturated rings. The van der Waals surface area contributed by atoms with Gasteiger partial charge in [0.2, 0.25) is 0 Å². The summed E-state index contributed by atoms with van der Waals surface area (Å²) < 4.78 is 0. The van der Waals surface area contributed by atoms with Crippen LogP contribution in [0.4, 0.5) is 11.6 Å². The van der Waals surface area contributed by atoms with Gasteiger partial charge in [0.05, 0.1) is 0 Å². The van der Waals surface area contributed by atoms with Crippen LogP contribution >= 0.6 is 0 Å². The number of anilines is 2. The Labute approximate surface area is 132 Å². The molecule has 23 heavy (non-hydrogen) atoms. The van der Waals surface area contributed by atoms with Gasteiger partial charge in [0.15, 0.2) is 0 Å². The van der Waals surface area contributed by atoms with E-state index in [-0.39, 0.29) is 5.56 Å². The minimum Gasteiger partial charge on any atom is -0.354 e. The van der Waals surface area contributed by atoms with Crippen LogP contribution in [0.5, 0.6) is 0 Å². The number of rotatable bonds is 3. The second kappa shape index (κ2) is 5.53. The van der Waals surface area contributed by atoms with Crippen LogP contribution < -0.4 is 21.0 Å². The van der Waals surface area contributed by atoms with Gasteiger partial charge in [0.25, 0.3) is 5.56 Å². The van der Waals surface area contributed by atoms with Crippen molar-refractivity contribution < 1.29 is 0 Å². The number of nitrogens with one attached hydrogen (secondary N) is 2. The first-order chi connectivity index (χ1) is 11.2. The number of aromatic nitrogens is 4. The fourth-order valence-electron chi connectivity index (χ4n) is 2.88. The van der Waals surface area contributed by atoms with Gasteiger partial charge in [0.1, 0.15) is 17.5 Å². The zero-order valence-corrected chi connectivity index (χ0v) is 12.7. The van der Waals surface area contributed by atoms with Gasteiger partial charge in [-0.3, -0.25) is 14.8 Å². The number of H-pyrrole nitrogens is 2. The normalized spacial score (nSPS) is 18.3. The molecule has 2 aliphatic rings. The lowest BCUT2D eigenvalue weighted by Gasteiger charge is -2.36. The lowest BCUT2D eigenvalue weighted by molar-refractivity contribution is 0.637. The van der Waals surface area contributed by atoms with Crippen molar-refractivity contribution in [3.05, 3.63) is 45.0 Å². The average Bonchev–Trinajstić information content (AvgIpc) is 3.39. The summed E-state index contributed by atoms with van der Waals surface area (Å²) >= 11 is 0. The minimum atomic E-state index is -0.472. The Morgan fingerprint density at radius 2 is 1.78 bits per heavy atom. The largest absolute Gasteiger partial charge is 0.354 e. The van der Waals surface area contributed by atoms with Gasteiger partial charge in [-0.2, -0.15) is 0 Å². The number of hydrogen-bond donors (Lipinski definition) is 2. The van der Waals surface area contributed by atoms with Gasteiger partial charge in [-0.1, -0.05) is 0 Å². The smallest absolute Gasteiger partial charge is 0.327 e. The van der Waals surface area contributed by atoms with Crippen LogP contribution in [-0.2, 0) is 0 Å². The third-order valence-electron chi connectivity index (χ3n) is 4.29. The molecule has 1 saturated heterocycles. The van der Waals surface area contributed by atoms with Crippen LogP contribution in [0.3, 0.4) is 0 Å². The summed E-state index contributed by atoms with van der Waals surface area (Å²) in [5.74, 6) is 3.02. The highest BCUT2D eigenvalue weighted by Gasteiger charge is 2.27. The van der Waals surface area contributed by atoms with Gasteiger partial charge >= 0.3 is 5.69 Å². The highest BCUT2D eigenvalue weighted by atomic mass is 16.2. The average molecular weight is 314 g/mol. The Morgan fingerprint density at radius 1 is 1.04 bits per heavy atom. The van der Waals surface area contributed by atoms with Crippen molar-refractivity contribution in [1.82, 2.24) is 19.9 Å². The highest BCUT2D eigenvalue weighted by molar-refractivity contribution is 5.44. The fraction of sp³-hybridized carbons (Fsp3) is 0.467. The third kappa shape index (κ3) is 2.96. The van der Waals surface area contributed by atoms with E-state index in [2.05, 4.69) is 24.8 Å². The van der Waals surface area contributed by atoms with E-state index in [1.165, 1.54) is 18.9 Å². The van der Waals surface area contributed by atoms with Crippen molar-refractivity contribution in [3.8, 4) is 0 Å². The number of nitrogens with zero attached hydrogens (tertiary/aromatic N) is 4. The SMILES string of the molecule is O=c1cc(N2CCN(c3ccnc(C4CC4)n3)CC2)[nH]c(=O)[nH]1. The third-order valence-corrected chi connectivity index (χ3v) is 4.29. The van der Waals surface area contributed by atoms with E-state index in [1.807, 2.05) is 17.2 Å². The monoisotopic (exact) mass is 314 g/mol. The van der Waals surface area contributed by atoms with Crippen LogP contribution in [0.25, 0.3) is 0 Å². The molecule has 4 rings (SSSR count). The standard InChI is InChI=1S/C15H18N6O2/c22-13-9-12(18-15(23)19-13)21-7-5-20(6-8-21)11-3-4-16-14(17-11)10-1-2-10/h3-4,9-10H,1-2,5-8H2,(H2,18,19,22,23). The number of aromatic amines is 2. The Morgan fingerprint density at radius 3 is 2.48 bits per heavy atom. The zero-order valence-electron chi connectivity index (χ0n) is 12.7. The van der Waals surface area contributed by atoms with Gasteiger partial charge in [0, 0.05) is 44.4 Å². The fourth-order valence-corrected chi connectivity index (χ4v) is 2.88. The first-order valence-electron chi connectivity index (χ1n) is 7.85. The van der Waals surface area contributed by atoms with Gasteiger partial charge < -0.3 is 9.80 Å². The summed E-state index contributed by atoms with van der Waals surface area (Å²) in [5.41, 5.74) is -0.851. The lowest BCUT2D eigenvalue weighted by Crippen LogP contribution is -2.48. The molecule has 2 aromatic heterocycles. The molecular weight excluding hydrogens is 296 g/mol. The Hall–Kier alpha value is -2.64. The van der Waals surface area contributed by atoms with Crippen molar-refractivity contribution in [2.24, 2.45) is 0 Å². The molecule has 2 N–H and O–H groups in total. The minimum absolute atomic E-state index is 0.379. The molecule has 1 aliphatic carbocycles. The van der Waals surface area contributed by atoms with E-state index >= 15 is 0 Å². The van der Waals surface area contributed by atoms with Crippen molar-refractivity contribution in [3.63, 3.8) is 0 Å². The summed E-state index contributed by atoms with van der Waals surface area (Å²) in [6, 6.07) is 3.36. The molecule has 0 spiro atoms.